The lowest BCUT2D eigenvalue weighted by molar-refractivity contribution is -0.139. The topological polar surface area (TPSA) is 104 Å². The first kappa shape index (κ1) is 36.9. The molecule has 0 aromatic heterocycles. The fourth-order valence-electron chi connectivity index (χ4n) is 8.82. The number of piperazine rings is 1. The highest BCUT2D eigenvalue weighted by Crippen LogP contribution is 2.59. The number of benzene rings is 5. The molecule has 2 aliphatic heterocycles. The van der Waals surface area contributed by atoms with Crippen molar-refractivity contribution in [2.75, 3.05) is 51.9 Å². The highest BCUT2D eigenvalue weighted by Gasteiger charge is 2.45. The molecule has 0 radical (unpaired) electrons. The average Bonchev–Trinajstić information content (AvgIpc) is 3.46. The predicted molar refractivity (Wildman–Crippen MR) is 220 cm³/mol. The van der Waals surface area contributed by atoms with Crippen molar-refractivity contribution < 1.29 is 28.5 Å². The molecule has 286 valence electrons. The van der Waals surface area contributed by atoms with E-state index in [1.165, 1.54) is 16.7 Å². The number of methoxy groups -OCH3 is 2. The van der Waals surface area contributed by atoms with Gasteiger partial charge in [-0.2, -0.15) is 0 Å². The Balaban J connectivity index is 1.31. The predicted octanol–water partition coefficient (Wildman–Crippen LogP) is 7.61. The fourth-order valence-corrected chi connectivity index (χ4v) is 8.82. The lowest BCUT2D eigenvalue weighted by Gasteiger charge is -2.42. The van der Waals surface area contributed by atoms with E-state index in [1.54, 1.807) is 21.1 Å². The van der Waals surface area contributed by atoms with E-state index in [2.05, 4.69) is 103 Å². The monoisotopic (exact) mass is 749 g/mol. The molecule has 5 aromatic carbocycles. The van der Waals surface area contributed by atoms with Crippen LogP contribution in [0.1, 0.15) is 48.6 Å². The van der Waals surface area contributed by atoms with Gasteiger partial charge in [0.15, 0.2) is 5.60 Å². The van der Waals surface area contributed by atoms with Gasteiger partial charge in [-0.25, -0.2) is 4.79 Å². The molecule has 1 fully saturated rings. The minimum Gasteiger partial charge on any atom is -0.497 e. The van der Waals surface area contributed by atoms with Crippen LogP contribution in [0.5, 0.6) is 17.2 Å². The summed E-state index contributed by atoms with van der Waals surface area (Å²) in [5.41, 5.74) is 13.7. The maximum atomic E-state index is 13.2. The Morgan fingerprint density at radius 3 is 2.32 bits per heavy atom. The Morgan fingerprint density at radius 1 is 0.911 bits per heavy atom. The zero-order chi connectivity index (χ0) is 39.4. The molecule has 2 heterocycles. The maximum absolute atomic E-state index is 13.2. The zero-order valence-corrected chi connectivity index (χ0v) is 32.6. The number of rotatable bonds is 10. The van der Waals surface area contributed by atoms with Gasteiger partial charge in [-0.15, -0.1) is 0 Å². The van der Waals surface area contributed by atoms with E-state index in [0.717, 1.165) is 50.2 Å². The number of esters is 1. The molecule has 8 rings (SSSR count). The lowest BCUT2D eigenvalue weighted by Crippen LogP contribution is -2.59. The van der Waals surface area contributed by atoms with E-state index in [1.807, 2.05) is 30.3 Å². The molecule has 1 saturated heterocycles. The second kappa shape index (κ2) is 14.2. The Labute approximate surface area is 327 Å². The van der Waals surface area contributed by atoms with E-state index in [0.29, 0.717) is 37.5 Å². The summed E-state index contributed by atoms with van der Waals surface area (Å²) in [6.45, 7) is 12.0. The normalized spacial score (nSPS) is 19.4. The molecule has 9 nitrogen and oxygen atoms in total. The minimum absolute atomic E-state index is 0.193. The Morgan fingerprint density at radius 2 is 1.62 bits per heavy atom. The summed E-state index contributed by atoms with van der Waals surface area (Å²) in [7, 11) is 3.32. The van der Waals surface area contributed by atoms with Gasteiger partial charge in [-0.05, 0) is 64.9 Å². The van der Waals surface area contributed by atoms with Crippen LogP contribution < -0.4 is 24.8 Å². The summed E-state index contributed by atoms with van der Waals surface area (Å²) in [6.07, 6.45) is 4.41. The number of anilines is 1. The van der Waals surface area contributed by atoms with Gasteiger partial charge in [0.2, 0.25) is 5.91 Å². The second-order valence-corrected chi connectivity index (χ2v) is 15.3. The summed E-state index contributed by atoms with van der Waals surface area (Å²) in [5, 5.41) is 1.90. The van der Waals surface area contributed by atoms with Gasteiger partial charge in [-0.3, -0.25) is 9.69 Å². The molecule has 56 heavy (non-hydrogen) atoms. The van der Waals surface area contributed by atoms with E-state index >= 15 is 0 Å². The van der Waals surface area contributed by atoms with Crippen molar-refractivity contribution >= 4 is 34.4 Å². The molecule has 0 saturated carbocycles. The van der Waals surface area contributed by atoms with Gasteiger partial charge >= 0.3 is 5.97 Å². The lowest BCUT2D eigenvalue weighted by atomic mass is 9.76. The minimum atomic E-state index is -0.949. The SMILES string of the molecule is C=C(C)C(=O)OCCN1CCN(c2cc3c4c(c5c(c3cc2OC)OC(c2ccccc2)(c2ccc(OC)cc2)C=C5)C(C)(C)c2ccccc2-4)C(C(N)=O)C1. The Kier molecular flexibility index (Phi) is 9.37. The van der Waals surface area contributed by atoms with E-state index < -0.39 is 23.5 Å². The van der Waals surface area contributed by atoms with Crippen LogP contribution in [0.25, 0.3) is 28.0 Å². The number of ether oxygens (including phenoxy) is 4. The molecule has 5 aromatic rings. The number of carbonyl (C=O) groups is 2. The summed E-state index contributed by atoms with van der Waals surface area (Å²) >= 11 is 0. The van der Waals surface area contributed by atoms with Crippen LogP contribution >= 0.6 is 0 Å². The maximum Gasteiger partial charge on any atom is 0.333 e. The number of hydrogen-bond donors (Lipinski definition) is 1. The van der Waals surface area contributed by atoms with E-state index in [9.17, 15) is 9.59 Å². The van der Waals surface area contributed by atoms with Gasteiger partial charge in [-0.1, -0.05) is 93.2 Å². The Bertz CT molecular complexity index is 2400. The first-order chi connectivity index (χ1) is 27.0. The van der Waals surface area contributed by atoms with Gasteiger partial charge in [0.05, 0.1) is 19.9 Å². The van der Waals surface area contributed by atoms with Crippen LogP contribution in [0, 0.1) is 0 Å². The largest absolute Gasteiger partial charge is 0.497 e. The number of amides is 1. The first-order valence-corrected chi connectivity index (χ1v) is 19.0. The van der Waals surface area contributed by atoms with Gasteiger partial charge < -0.3 is 29.6 Å². The third-order valence-corrected chi connectivity index (χ3v) is 11.7. The highest BCUT2D eigenvalue weighted by molar-refractivity contribution is 6.10. The summed E-state index contributed by atoms with van der Waals surface area (Å²) < 4.78 is 24.6. The number of hydrogen-bond acceptors (Lipinski definition) is 8. The Hall–Kier alpha value is -6.06. The van der Waals surface area contributed by atoms with E-state index in [-0.39, 0.29) is 12.0 Å². The third kappa shape index (κ3) is 5.98. The van der Waals surface area contributed by atoms with Crippen molar-refractivity contribution in [1.29, 1.82) is 0 Å². The number of nitrogens with zero attached hydrogens (tertiary/aromatic N) is 2. The fraction of sp³-hybridized carbons (Fsp3) is 0.277. The molecule has 2 atom stereocenters. The molecule has 2 unspecified atom stereocenters. The number of primary amides is 1. The molecule has 0 bridgehead atoms. The van der Waals surface area contributed by atoms with Crippen LogP contribution in [0.2, 0.25) is 0 Å². The number of nitrogens with two attached hydrogens (primary N) is 1. The van der Waals surface area contributed by atoms with Crippen LogP contribution in [0.15, 0.2) is 109 Å². The average molecular weight is 750 g/mol. The number of fused-ring (bicyclic) bond motifs is 8. The van der Waals surface area contributed by atoms with Crippen LogP contribution in [0.4, 0.5) is 5.69 Å². The van der Waals surface area contributed by atoms with Gasteiger partial charge in [0.1, 0.15) is 29.9 Å². The van der Waals surface area contributed by atoms with E-state index in [4.69, 9.17) is 24.7 Å². The standard InChI is InChI=1S/C47H47N3O6/c1-29(2)45(52)55-25-24-49-22-23-50(39(28-49)44(48)51)38-26-35-36(27-40(38)54-6)43-34(42-41(35)33-14-10-11-15-37(33)46(42,3)4)20-21-47(56-43,30-12-8-7-9-13-30)31-16-18-32(53-5)19-17-31/h7-21,26-27,39H,1,22-25,28H2,2-6H3,(H2,48,51). The molecule has 1 amide bonds. The van der Waals surface area contributed by atoms with Gasteiger partial charge in [0, 0.05) is 59.2 Å². The molecule has 1 aliphatic carbocycles. The van der Waals surface area contributed by atoms with Crippen molar-refractivity contribution in [1.82, 2.24) is 4.90 Å². The van der Waals surface area contributed by atoms with Crippen molar-refractivity contribution in [2.45, 2.75) is 37.8 Å². The molecule has 9 heteroatoms. The van der Waals surface area contributed by atoms with Crippen molar-refractivity contribution in [3.05, 3.63) is 137 Å². The molecule has 2 N–H and O–H groups in total. The molecular formula is C47H47N3O6. The van der Waals surface area contributed by atoms with Crippen molar-refractivity contribution in [3.63, 3.8) is 0 Å². The zero-order valence-electron chi connectivity index (χ0n) is 32.6. The quantitative estimate of drug-likeness (QED) is 0.115. The third-order valence-electron chi connectivity index (χ3n) is 11.7. The summed E-state index contributed by atoms with van der Waals surface area (Å²) in [6, 6.07) is 30.5. The molecule has 3 aliphatic rings. The van der Waals surface area contributed by atoms with Crippen molar-refractivity contribution in [2.24, 2.45) is 5.73 Å². The van der Waals surface area contributed by atoms with Crippen LogP contribution in [0.3, 0.4) is 0 Å². The summed E-state index contributed by atoms with van der Waals surface area (Å²) in [4.78, 5) is 29.4. The highest BCUT2D eigenvalue weighted by atomic mass is 16.5. The smallest absolute Gasteiger partial charge is 0.333 e. The van der Waals surface area contributed by atoms with Crippen LogP contribution in [-0.2, 0) is 25.3 Å². The van der Waals surface area contributed by atoms with Gasteiger partial charge in [0.25, 0.3) is 0 Å². The first-order valence-electron chi connectivity index (χ1n) is 19.0. The van der Waals surface area contributed by atoms with Crippen LogP contribution in [-0.4, -0.2) is 69.8 Å². The number of carbonyl (C=O) groups excluding carboxylic acids is 2. The molecular weight excluding hydrogens is 703 g/mol. The van der Waals surface area contributed by atoms with Crippen molar-refractivity contribution in [3.8, 4) is 28.4 Å². The summed E-state index contributed by atoms with van der Waals surface area (Å²) in [5.74, 6) is 1.25. The molecule has 0 spiro atoms. The second-order valence-electron chi connectivity index (χ2n) is 15.3.